The van der Waals surface area contributed by atoms with Crippen LogP contribution in [-0.4, -0.2) is 37.0 Å². The summed E-state index contributed by atoms with van der Waals surface area (Å²) in [6, 6.07) is 4.77. The number of allylic oxidation sites excluding steroid dienone is 1. The molecule has 3 aromatic rings. The van der Waals surface area contributed by atoms with Crippen molar-refractivity contribution in [2.45, 2.75) is 59.0 Å². The van der Waals surface area contributed by atoms with Crippen molar-refractivity contribution < 1.29 is 9.18 Å². The highest BCUT2D eigenvalue weighted by Crippen LogP contribution is 2.26. The summed E-state index contributed by atoms with van der Waals surface area (Å²) in [5, 5.41) is 7.60. The fourth-order valence-corrected chi connectivity index (χ4v) is 4.67. The van der Waals surface area contributed by atoms with E-state index in [1.54, 1.807) is 11.0 Å². The van der Waals surface area contributed by atoms with Crippen LogP contribution in [0.1, 0.15) is 49.6 Å². The number of nitrogens with zero attached hydrogens (tertiary/aromatic N) is 5. The van der Waals surface area contributed by atoms with E-state index in [-0.39, 0.29) is 12.1 Å². The van der Waals surface area contributed by atoms with E-state index in [0.29, 0.717) is 48.2 Å². The molecule has 0 aromatic carbocycles. The zero-order chi connectivity index (χ0) is 24.2. The van der Waals surface area contributed by atoms with Gasteiger partial charge in [-0.1, -0.05) is 26.3 Å². The lowest BCUT2D eigenvalue weighted by molar-refractivity contribution is -0.119. The predicted octanol–water partition coefficient (Wildman–Crippen LogP) is 3.68. The van der Waals surface area contributed by atoms with Crippen LogP contribution >= 0.6 is 0 Å². The quantitative estimate of drug-likeness (QED) is 0.461. The van der Waals surface area contributed by atoms with E-state index in [9.17, 15) is 14.0 Å². The van der Waals surface area contributed by atoms with Crippen molar-refractivity contribution in [3.63, 3.8) is 0 Å². The van der Waals surface area contributed by atoms with E-state index in [1.165, 1.54) is 23.4 Å². The van der Waals surface area contributed by atoms with Crippen LogP contribution in [0.2, 0.25) is 0 Å². The lowest BCUT2D eigenvalue weighted by Crippen LogP contribution is -2.33. The van der Waals surface area contributed by atoms with Gasteiger partial charge in [0.05, 0.1) is 30.5 Å². The van der Waals surface area contributed by atoms with Crippen molar-refractivity contribution in [3.05, 3.63) is 69.8 Å². The van der Waals surface area contributed by atoms with Crippen molar-refractivity contribution in [2.24, 2.45) is 5.92 Å². The van der Waals surface area contributed by atoms with Gasteiger partial charge in [0.2, 0.25) is 6.41 Å². The molecule has 0 spiro atoms. The van der Waals surface area contributed by atoms with Gasteiger partial charge in [-0.2, -0.15) is 9.61 Å². The first-order chi connectivity index (χ1) is 16.4. The van der Waals surface area contributed by atoms with Gasteiger partial charge in [0, 0.05) is 24.0 Å². The zero-order valence-electron chi connectivity index (χ0n) is 19.8. The number of hydrogen-bond donors (Lipinski definition) is 1. The van der Waals surface area contributed by atoms with Crippen LogP contribution < -0.4 is 10.9 Å². The number of carbonyl (C=O) groups excluding carboxylic acids is 1. The Morgan fingerprint density at radius 2 is 2.12 bits per heavy atom. The minimum atomic E-state index is -0.414. The van der Waals surface area contributed by atoms with Crippen LogP contribution in [0.5, 0.6) is 0 Å². The molecule has 1 aliphatic carbocycles. The fourth-order valence-electron chi connectivity index (χ4n) is 4.67. The number of amides is 1. The highest BCUT2D eigenvalue weighted by atomic mass is 19.1. The SMILES string of the molecule is C=C(Cn1c(C)c(CN(C=O)CC2CCCC2)c(=O)n2nc(CC)cc12)Nc1ccc(F)cn1. The van der Waals surface area contributed by atoms with Gasteiger partial charge < -0.3 is 14.8 Å². The Balaban J connectivity index is 1.67. The molecule has 34 heavy (non-hydrogen) atoms. The molecule has 180 valence electrons. The lowest BCUT2D eigenvalue weighted by atomic mass is 10.1. The molecule has 0 bridgehead atoms. The maximum Gasteiger partial charge on any atom is 0.279 e. The van der Waals surface area contributed by atoms with E-state index in [2.05, 4.69) is 22.0 Å². The van der Waals surface area contributed by atoms with Gasteiger partial charge in [-0.15, -0.1) is 0 Å². The second kappa shape index (κ2) is 10.2. The average molecular weight is 467 g/mol. The highest BCUT2D eigenvalue weighted by Gasteiger charge is 2.22. The van der Waals surface area contributed by atoms with Crippen LogP contribution in [0.25, 0.3) is 5.65 Å². The normalized spacial score (nSPS) is 14.0. The summed E-state index contributed by atoms with van der Waals surface area (Å²) in [4.78, 5) is 31.0. The Morgan fingerprint density at radius 1 is 1.35 bits per heavy atom. The summed E-state index contributed by atoms with van der Waals surface area (Å²) in [5.41, 5.74) is 3.17. The molecule has 0 unspecified atom stereocenters. The van der Waals surface area contributed by atoms with Gasteiger partial charge >= 0.3 is 0 Å². The largest absolute Gasteiger partial charge is 0.343 e. The summed E-state index contributed by atoms with van der Waals surface area (Å²) in [7, 11) is 0. The monoisotopic (exact) mass is 466 g/mol. The summed E-state index contributed by atoms with van der Waals surface area (Å²) in [6.07, 6.45) is 7.30. The van der Waals surface area contributed by atoms with E-state index in [4.69, 9.17) is 0 Å². The van der Waals surface area contributed by atoms with Crippen LogP contribution in [0.4, 0.5) is 10.2 Å². The van der Waals surface area contributed by atoms with Gasteiger partial charge in [-0.05, 0) is 44.2 Å². The minimum absolute atomic E-state index is 0.208. The van der Waals surface area contributed by atoms with Crippen LogP contribution in [0.3, 0.4) is 0 Å². The first kappa shape index (κ1) is 23.7. The van der Waals surface area contributed by atoms with Crippen molar-refractivity contribution in [3.8, 4) is 0 Å². The number of carbonyl (C=O) groups is 1. The molecule has 9 heteroatoms. The summed E-state index contributed by atoms with van der Waals surface area (Å²) in [6.45, 7) is 9.22. The topological polar surface area (TPSA) is 84.5 Å². The fraction of sp³-hybridized carbons (Fsp3) is 0.440. The zero-order valence-corrected chi connectivity index (χ0v) is 19.8. The Kier molecular flexibility index (Phi) is 7.09. The number of anilines is 1. The Hall–Kier alpha value is -3.49. The number of pyridine rings is 1. The predicted molar refractivity (Wildman–Crippen MR) is 129 cm³/mol. The van der Waals surface area contributed by atoms with E-state index in [0.717, 1.165) is 36.8 Å². The van der Waals surface area contributed by atoms with Crippen molar-refractivity contribution in [1.29, 1.82) is 0 Å². The first-order valence-corrected chi connectivity index (χ1v) is 11.8. The van der Waals surface area contributed by atoms with Gasteiger partial charge in [-0.3, -0.25) is 9.59 Å². The third-order valence-electron chi connectivity index (χ3n) is 6.53. The van der Waals surface area contributed by atoms with E-state index < -0.39 is 5.82 Å². The van der Waals surface area contributed by atoms with Crippen molar-refractivity contribution >= 4 is 17.9 Å². The molecule has 4 rings (SSSR count). The third-order valence-corrected chi connectivity index (χ3v) is 6.53. The van der Waals surface area contributed by atoms with E-state index >= 15 is 0 Å². The van der Waals surface area contributed by atoms with Gasteiger partial charge in [0.1, 0.15) is 17.3 Å². The summed E-state index contributed by atoms with van der Waals surface area (Å²) < 4.78 is 16.6. The second-order valence-corrected chi connectivity index (χ2v) is 8.99. The van der Waals surface area contributed by atoms with E-state index in [1.807, 2.05) is 24.5 Å². The molecule has 0 aliphatic heterocycles. The maximum absolute atomic E-state index is 13.4. The molecule has 1 amide bonds. The highest BCUT2D eigenvalue weighted by molar-refractivity contribution is 5.49. The minimum Gasteiger partial charge on any atom is -0.343 e. The van der Waals surface area contributed by atoms with Crippen molar-refractivity contribution in [2.75, 3.05) is 11.9 Å². The summed E-state index contributed by atoms with van der Waals surface area (Å²) in [5.74, 6) is 0.551. The molecule has 8 nitrogen and oxygen atoms in total. The van der Waals surface area contributed by atoms with Crippen LogP contribution in [-0.2, 0) is 24.3 Å². The standard InChI is InChI=1S/C25H31FN6O2/c1-4-21-11-24-31(13-17(2)28-23-10-9-20(26)12-27-23)18(3)22(25(34)32(24)29-21)15-30(16-33)14-19-7-5-6-8-19/h9-12,16,19H,2,4-8,13-15H2,1,3H3,(H,27,28). The molecule has 3 heterocycles. The van der Waals surface area contributed by atoms with Gasteiger partial charge in [0.15, 0.2) is 0 Å². The molecular weight excluding hydrogens is 435 g/mol. The molecule has 0 atom stereocenters. The molecule has 1 fully saturated rings. The first-order valence-electron chi connectivity index (χ1n) is 11.8. The number of halogens is 1. The number of hydrogen-bond acceptors (Lipinski definition) is 5. The molecule has 0 radical (unpaired) electrons. The lowest BCUT2D eigenvalue weighted by Gasteiger charge is -2.24. The molecular formula is C25H31FN6O2. The Labute approximate surface area is 198 Å². The van der Waals surface area contributed by atoms with Crippen molar-refractivity contribution in [1.82, 2.24) is 24.1 Å². The smallest absolute Gasteiger partial charge is 0.279 e. The van der Waals surface area contributed by atoms with Gasteiger partial charge in [0.25, 0.3) is 5.56 Å². The number of aryl methyl sites for hydroxylation is 1. The molecule has 1 N–H and O–H groups in total. The third kappa shape index (κ3) is 5.03. The number of rotatable bonds is 10. The van der Waals surface area contributed by atoms with Crippen LogP contribution in [0.15, 0.2) is 41.5 Å². The summed E-state index contributed by atoms with van der Waals surface area (Å²) >= 11 is 0. The maximum atomic E-state index is 13.4. The van der Waals surface area contributed by atoms with Crippen LogP contribution in [0, 0.1) is 18.7 Å². The number of fused-ring (bicyclic) bond motifs is 1. The number of aromatic nitrogens is 4. The Bertz CT molecular complexity index is 1240. The average Bonchev–Trinajstić information content (AvgIpc) is 3.50. The van der Waals surface area contributed by atoms with Gasteiger partial charge in [-0.25, -0.2) is 9.37 Å². The molecule has 1 saturated carbocycles. The molecule has 0 saturated heterocycles. The number of nitrogens with one attached hydrogen (secondary N) is 1. The second-order valence-electron chi connectivity index (χ2n) is 8.99. The molecule has 1 aliphatic rings. The Morgan fingerprint density at radius 3 is 2.76 bits per heavy atom. The molecule has 3 aromatic heterocycles.